The molecule has 0 radical (unpaired) electrons. The Morgan fingerprint density at radius 3 is 2.48 bits per heavy atom. The number of amides is 3. The van der Waals surface area contributed by atoms with E-state index in [0.717, 1.165) is 5.56 Å². The van der Waals surface area contributed by atoms with Crippen molar-refractivity contribution in [3.05, 3.63) is 63.5 Å². The van der Waals surface area contributed by atoms with Crippen molar-refractivity contribution >= 4 is 34.9 Å². The van der Waals surface area contributed by atoms with Crippen LogP contribution in [0.3, 0.4) is 0 Å². The summed E-state index contributed by atoms with van der Waals surface area (Å²) in [5.74, 6) is -0.651. The topological polar surface area (TPSA) is 87.7 Å². The molecule has 8 heteroatoms. The van der Waals surface area contributed by atoms with Gasteiger partial charge in [-0.1, -0.05) is 18.2 Å². The van der Waals surface area contributed by atoms with E-state index in [9.17, 15) is 14.4 Å². The number of urea groups is 1. The van der Waals surface area contributed by atoms with Crippen LogP contribution >= 0.6 is 11.3 Å². The Kier molecular flexibility index (Phi) is 6.03. The Morgan fingerprint density at radius 2 is 1.90 bits per heavy atom. The number of hydrogen-bond donors (Lipinski definition) is 2. The monoisotopic (exact) mass is 413 g/mol. The van der Waals surface area contributed by atoms with Gasteiger partial charge in [-0.05, 0) is 49.9 Å². The Hall–Kier alpha value is -3.13. The molecule has 1 atom stereocenters. The number of carbonyl (C=O) groups excluding carboxylic acids is 3. The van der Waals surface area contributed by atoms with E-state index >= 15 is 0 Å². The van der Waals surface area contributed by atoms with Crippen LogP contribution in [0.25, 0.3) is 0 Å². The minimum absolute atomic E-state index is 0.183. The molecule has 0 spiro atoms. The maximum absolute atomic E-state index is 12.7. The van der Waals surface area contributed by atoms with Gasteiger partial charge in [0, 0.05) is 18.4 Å². The van der Waals surface area contributed by atoms with E-state index in [0.29, 0.717) is 21.8 Å². The molecule has 2 heterocycles. The molecule has 0 saturated heterocycles. The second-order valence-corrected chi connectivity index (χ2v) is 7.90. The standard InChI is InChI=1S/C21H23N3O4S/c1-12(2)28-20(26)17-13(3)24(4)21(27)23-18(17)14-7-9-15(10-8-14)22-19(25)16-6-5-11-29-16/h5-12,18H,1-4H3,(H,22,25)(H,23,27). The summed E-state index contributed by atoms with van der Waals surface area (Å²) in [4.78, 5) is 39.2. The van der Waals surface area contributed by atoms with Crippen molar-refractivity contribution in [3.63, 3.8) is 0 Å². The first-order valence-corrected chi connectivity index (χ1v) is 10.1. The lowest BCUT2D eigenvalue weighted by molar-refractivity contribution is -0.143. The molecule has 152 valence electrons. The van der Waals surface area contributed by atoms with E-state index in [-0.39, 0.29) is 18.0 Å². The molecule has 0 bridgehead atoms. The molecule has 29 heavy (non-hydrogen) atoms. The van der Waals surface area contributed by atoms with E-state index < -0.39 is 12.0 Å². The molecule has 1 aromatic carbocycles. The first-order chi connectivity index (χ1) is 13.8. The number of nitrogens with one attached hydrogen (secondary N) is 2. The highest BCUT2D eigenvalue weighted by atomic mass is 32.1. The summed E-state index contributed by atoms with van der Waals surface area (Å²) in [6.07, 6.45) is -0.277. The molecule has 0 aliphatic carbocycles. The number of allylic oxidation sites excluding steroid dienone is 1. The lowest BCUT2D eigenvalue weighted by atomic mass is 9.95. The molecule has 7 nitrogen and oxygen atoms in total. The smallest absolute Gasteiger partial charge is 0.338 e. The van der Waals surface area contributed by atoms with Gasteiger partial charge in [-0.3, -0.25) is 4.79 Å². The van der Waals surface area contributed by atoms with Gasteiger partial charge in [0.25, 0.3) is 5.91 Å². The van der Waals surface area contributed by atoms with E-state index in [4.69, 9.17) is 4.74 Å². The molecule has 1 aliphatic heterocycles. The fourth-order valence-electron chi connectivity index (χ4n) is 2.99. The van der Waals surface area contributed by atoms with Crippen LogP contribution in [0.5, 0.6) is 0 Å². The summed E-state index contributed by atoms with van der Waals surface area (Å²) in [5, 5.41) is 7.51. The van der Waals surface area contributed by atoms with Gasteiger partial charge in [0.2, 0.25) is 0 Å². The van der Waals surface area contributed by atoms with Crippen LogP contribution in [0.4, 0.5) is 10.5 Å². The van der Waals surface area contributed by atoms with Crippen LogP contribution in [0, 0.1) is 0 Å². The Bertz CT molecular complexity index is 949. The summed E-state index contributed by atoms with van der Waals surface area (Å²) >= 11 is 1.36. The highest BCUT2D eigenvalue weighted by Crippen LogP contribution is 2.31. The molecule has 1 aromatic heterocycles. The first kappa shape index (κ1) is 20.6. The van der Waals surface area contributed by atoms with Crippen molar-refractivity contribution in [2.45, 2.75) is 32.9 Å². The van der Waals surface area contributed by atoms with Crippen molar-refractivity contribution in [1.29, 1.82) is 0 Å². The fraction of sp³-hybridized carbons (Fsp3) is 0.286. The lowest BCUT2D eigenvalue weighted by Gasteiger charge is -2.33. The third-order valence-electron chi connectivity index (χ3n) is 4.56. The summed E-state index contributed by atoms with van der Waals surface area (Å²) in [6.45, 7) is 5.27. The van der Waals surface area contributed by atoms with Crippen LogP contribution in [0.2, 0.25) is 0 Å². The van der Waals surface area contributed by atoms with Gasteiger partial charge in [-0.15, -0.1) is 11.3 Å². The molecule has 0 fully saturated rings. The normalized spacial score (nSPS) is 16.7. The predicted octanol–water partition coefficient (Wildman–Crippen LogP) is 3.92. The van der Waals surface area contributed by atoms with Gasteiger partial charge in [-0.25, -0.2) is 9.59 Å². The molecular formula is C21H23N3O4S. The minimum Gasteiger partial charge on any atom is -0.459 e. The number of anilines is 1. The van der Waals surface area contributed by atoms with Gasteiger partial charge in [-0.2, -0.15) is 0 Å². The minimum atomic E-state index is -0.632. The molecular weight excluding hydrogens is 390 g/mol. The molecule has 2 aromatic rings. The van der Waals surface area contributed by atoms with Crippen molar-refractivity contribution < 1.29 is 19.1 Å². The number of esters is 1. The number of thiophene rings is 1. The van der Waals surface area contributed by atoms with Gasteiger partial charge < -0.3 is 20.3 Å². The van der Waals surface area contributed by atoms with Crippen molar-refractivity contribution in [3.8, 4) is 0 Å². The molecule has 1 unspecified atom stereocenters. The predicted molar refractivity (Wildman–Crippen MR) is 112 cm³/mol. The number of rotatable bonds is 5. The summed E-state index contributed by atoms with van der Waals surface area (Å²) in [7, 11) is 1.60. The van der Waals surface area contributed by atoms with Crippen molar-refractivity contribution in [2.75, 3.05) is 12.4 Å². The summed E-state index contributed by atoms with van der Waals surface area (Å²) in [6, 6.07) is 9.67. The maximum Gasteiger partial charge on any atom is 0.338 e. The fourth-order valence-corrected chi connectivity index (χ4v) is 3.61. The molecule has 0 saturated carbocycles. The quantitative estimate of drug-likeness (QED) is 0.727. The van der Waals surface area contributed by atoms with E-state index in [1.165, 1.54) is 16.2 Å². The van der Waals surface area contributed by atoms with Gasteiger partial charge in [0.05, 0.1) is 22.6 Å². The van der Waals surface area contributed by atoms with Gasteiger partial charge in [0.1, 0.15) is 0 Å². The van der Waals surface area contributed by atoms with E-state index in [1.54, 1.807) is 58.2 Å². The number of nitrogens with zero attached hydrogens (tertiary/aromatic N) is 1. The number of benzene rings is 1. The average Bonchev–Trinajstić information content (AvgIpc) is 3.20. The third kappa shape index (κ3) is 4.48. The van der Waals surface area contributed by atoms with Crippen LogP contribution in [-0.4, -0.2) is 36.0 Å². The zero-order valence-electron chi connectivity index (χ0n) is 16.7. The molecule has 3 amide bonds. The Balaban J connectivity index is 1.86. The average molecular weight is 413 g/mol. The number of carbonyl (C=O) groups is 3. The maximum atomic E-state index is 12.7. The summed E-state index contributed by atoms with van der Waals surface area (Å²) in [5.41, 5.74) is 2.27. The largest absolute Gasteiger partial charge is 0.459 e. The highest BCUT2D eigenvalue weighted by molar-refractivity contribution is 7.12. The zero-order chi connectivity index (χ0) is 21.1. The SMILES string of the molecule is CC1=C(C(=O)OC(C)C)C(c2ccc(NC(=O)c3cccs3)cc2)NC(=O)N1C. The van der Waals surface area contributed by atoms with E-state index in [1.807, 2.05) is 11.4 Å². The number of ether oxygens (including phenoxy) is 1. The Morgan fingerprint density at radius 1 is 1.21 bits per heavy atom. The first-order valence-electron chi connectivity index (χ1n) is 9.18. The Labute approximate surface area is 173 Å². The van der Waals surface area contributed by atoms with Gasteiger partial charge in [0.15, 0.2) is 0 Å². The molecule has 2 N–H and O–H groups in total. The van der Waals surface area contributed by atoms with Crippen molar-refractivity contribution in [1.82, 2.24) is 10.2 Å². The lowest BCUT2D eigenvalue weighted by Crippen LogP contribution is -2.46. The van der Waals surface area contributed by atoms with Crippen LogP contribution in [0.1, 0.15) is 42.0 Å². The second kappa shape index (κ2) is 8.48. The zero-order valence-corrected chi connectivity index (χ0v) is 17.5. The van der Waals surface area contributed by atoms with Crippen LogP contribution in [-0.2, 0) is 9.53 Å². The molecule has 3 rings (SSSR count). The van der Waals surface area contributed by atoms with Crippen LogP contribution in [0.15, 0.2) is 53.0 Å². The molecule has 1 aliphatic rings. The second-order valence-electron chi connectivity index (χ2n) is 6.95. The van der Waals surface area contributed by atoms with Crippen molar-refractivity contribution in [2.24, 2.45) is 0 Å². The number of hydrogen-bond acceptors (Lipinski definition) is 5. The van der Waals surface area contributed by atoms with Crippen LogP contribution < -0.4 is 10.6 Å². The van der Waals surface area contributed by atoms with E-state index in [2.05, 4.69) is 10.6 Å². The third-order valence-corrected chi connectivity index (χ3v) is 5.43. The summed E-state index contributed by atoms with van der Waals surface area (Å²) < 4.78 is 5.38. The highest BCUT2D eigenvalue weighted by Gasteiger charge is 2.35. The van der Waals surface area contributed by atoms with Gasteiger partial charge >= 0.3 is 12.0 Å².